The van der Waals surface area contributed by atoms with Crippen LogP contribution in [-0.4, -0.2) is 43.8 Å². The SMILES string of the molecule is COC(=O)c1cnc(N)c2[nH]c(-c3ccccc3N3CCCS3(=O)=O)cc12. The lowest BCUT2D eigenvalue weighted by Gasteiger charge is -2.20. The van der Waals surface area contributed by atoms with Crippen molar-refractivity contribution in [1.29, 1.82) is 0 Å². The van der Waals surface area contributed by atoms with Gasteiger partial charge < -0.3 is 15.5 Å². The van der Waals surface area contributed by atoms with Crippen LogP contribution in [0, 0.1) is 0 Å². The molecule has 1 aliphatic rings. The summed E-state index contributed by atoms with van der Waals surface area (Å²) in [5, 5.41) is 0.573. The summed E-state index contributed by atoms with van der Waals surface area (Å²) in [7, 11) is -2.03. The van der Waals surface area contributed by atoms with E-state index in [0.29, 0.717) is 40.8 Å². The normalized spacial score (nSPS) is 16.0. The minimum absolute atomic E-state index is 0.136. The molecule has 1 aromatic carbocycles. The molecule has 0 unspecified atom stereocenters. The van der Waals surface area contributed by atoms with Crippen LogP contribution in [0.2, 0.25) is 0 Å². The van der Waals surface area contributed by atoms with Gasteiger partial charge >= 0.3 is 5.97 Å². The van der Waals surface area contributed by atoms with Gasteiger partial charge in [0.2, 0.25) is 10.0 Å². The second-order valence-electron chi connectivity index (χ2n) is 6.28. The predicted molar refractivity (Wildman–Crippen MR) is 103 cm³/mol. The lowest BCUT2D eigenvalue weighted by atomic mass is 10.1. The van der Waals surface area contributed by atoms with Crippen molar-refractivity contribution in [2.45, 2.75) is 6.42 Å². The third-order valence-electron chi connectivity index (χ3n) is 4.66. The number of para-hydroxylation sites is 1. The summed E-state index contributed by atoms with van der Waals surface area (Å²) < 4.78 is 31.0. The van der Waals surface area contributed by atoms with Gasteiger partial charge in [-0.05, 0) is 18.6 Å². The first kappa shape index (κ1) is 17.3. The standard InChI is InChI=1S/C18H18N4O4S/c1-26-18(23)13-10-20-17(19)16-12(13)9-14(21-16)11-5-2-3-6-15(11)22-7-4-8-27(22,24)25/h2-3,5-6,9-10,21H,4,7-8H2,1H3,(H2,19,20). The van der Waals surface area contributed by atoms with Gasteiger partial charge in [-0.3, -0.25) is 4.31 Å². The number of nitrogens with one attached hydrogen (secondary N) is 1. The Morgan fingerprint density at radius 2 is 2.11 bits per heavy atom. The summed E-state index contributed by atoms with van der Waals surface area (Å²) in [6.07, 6.45) is 1.96. The number of hydrogen-bond acceptors (Lipinski definition) is 6. The molecule has 0 atom stereocenters. The molecule has 1 fully saturated rings. The third kappa shape index (κ3) is 2.80. The summed E-state index contributed by atoms with van der Waals surface area (Å²) in [6, 6.07) is 8.99. The molecule has 0 radical (unpaired) electrons. The highest BCUT2D eigenvalue weighted by Gasteiger charge is 2.30. The van der Waals surface area contributed by atoms with E-state index in [1.54, 1.807) is 18.2 Å². The number of nitrogens with zero attached hydrogens (tertiary/aromatic N) is 2. The Bertz CT molecular complexity index is 1150. The van der Waals surface area contributed by atoms with Gasteiger partial charge in [-0.2, -0.15) is 0 Å². The molecular weight excluding hydrogens is 368 g/mol. The molecular formula is C18H18N4O4S. The van der Waals surface area contributed by atoms with E-state index < -0.39 is 16.0 Å². The van der Waals surface area contributed by atoms with Gasteiger partial charge in [-0.15, -0.1) is 0 Å². The Hall–Kier alpha value is -3.07. The van der Waals surface area contributed by atoms with Crippen LogP contribution in [0.25, 0.3) is 22.2 Å². The highest BCUT2D eigenvalue weighted by Crippen LogP contribution is 2.36. The van der Waals surface area contributed by atoms with E-state index in [9.17, 15) is 13.2 Å². The minimum Gasteiger partial charge on any atom is -0.465 e. The fourth-order valence-electron chi connectivity index (χ4n) is 3.38. The molecule has 0 amide bonds. The van der Waals surface area contributed by atoms with Gasteiger partial charge in [0.25, 0.3) is 0 Å². The van der Waals surface area contributed by atoms with E-state index >= 15 is 0 Å². The molecule has 0 bridgehead atoms. The zero-order valence-electron chi connectivity index (χ0n) is 14.6. The maximum absolute atomic E-state index is 12.4. The number of esters is 1. The monoisotopic (exact) mass is 386 g/mol. The molecule has 4 rings (SSSR count). The van der Waals surface area contributed by atoms with E-state index in [0.717, 1.165) is 0 Å². The Kier molecular flexibility index (Phi) is 4.03. The Labute approximate surface area is 156 Å². The molecule has 1 saturated heterocycles. The quantitative estimate of drug-likeness (QED) is 0.666. The number of fused-ring (bicyclic) bond motifs is 1. The average molecular weight is 386 g/mol. The number of pyridine rings is 1. The smallest absolute Gasteiger partial charge is 0.340 e. The number of benzene rings is 1. The van der Waals surface area contributed by atoms with Crippen LogP contribution < -0.4 is 10.0 Å². The van der Waals surface area contributed by atoms with Crippen LogP contribution in [0.1, 0.15) is 16.8 Å². The van der Waals surface area contributed by atoms with Crippen molar-refractivity contribution in [3.63, 3.8) is 0 Å². The molecule has 9 heteroatoms. The molecule has 140 valence electrons. The number of sulfonamides is 1. The minimum atomic E-state index is -3.33. The zero-order chi connectivity index (χ0) is 19.2. The summed E-state index contributed by atoms with van der Waals surface area (Å²) in [6.45, 7) is 0.441. The van der Waals surface area contributed by atoms with Crippen molar-refractivity contribution < 1.29 is 17.9 Å². The molecule has 0 spiro atoms. The first-order valence-corrected chi connectivity index (χ1v) is 9.98. The van der Waals surface area contributed by atoms with E-state index in [2.05, 4.69) is 9.97 Å². The number of nitrogen functional groups attached to an aromatic ring is 1. The number of aromatic nitrogens is 2. The van der Waals surface area contributed by atoms with E-state index in [1.165, 1.54) is 17.6 Å². The fraction of sp³-hybridized carbons (Fsp3) is 0.222. The Morgan fingerprint density at radius 1 is 1.33 bits per heavy atom. The number of methoxy groups -OCH3 is 1. The lowest BCUT2D eigenvalue weighted by molar-refractivity contribution is 0.0602. The molecule has 3 heterocycles. The van der Waals surface area contributed by atoms with Crippen molar-refractivity contribution in [1.82, 2.24) is 9.97 Å². The largest absolute Gasteiger partial charge is 0.465 e. The van der Waals surface area contributed by atoms with E-state index in [4.69, 9.17) is 10.5 Å². The highest BCUT2D eigenvalue weighted by atomic mass is 32.2. The van der Waals surface area contributed by atoms with E-state index in [-0.39, 0.29) is 17.1 Å². The summed E-state index contributed by atoms with van der Waals surface area (Å²) in [5.74, 6) is -0.138. The number of anilines is 2. The number of rotatable bonds is 3. The van der Waals surface area contributed by atoms with Crippen LogP contribution in [0.15, 0.2) is 36.5 Å². The number of carbonyl (C=O) groups is 1. The highest BCUT2D eigenvalue weighted by molar-refractivity contribution is 7.93. The predicted octanol–water partition coefficient (Wildman–Crippen LogP) is 2.14. The summed E-state index contributed by atoms with van der Waals surface area (Å²) in [5.41, 5.74) is 8.69. The van der Waals surface area contributed by atoms with E-state index in [1.807, 2.05) is 12.1 Å². The van der Waals surface area contributed by atoms with Gasteiger partial charge in [0.05, 0.1) is 29.6 Å². The number of hydrogen-bond donors (Lipinski definition) is 2. The van der Waals surface area contributed by atoms with Gasteiger partial charge in [-0.1, -0.05) is 18.2 Å². The lowest BCUT2D eigenvalue weighted by Crippen LogP contribution is -2.25. The van der Waals surface area contributed by atoms with Crippen molar-refractivity contribution in [2.24, 2.45) is 0 Å². The van der Waals surface area contributed by atoms with Crippen molar-refractivity contribution in [3.8, 4) is 11.3 Å². The van der Waals surface area contributed by atoms with Gasteiger partial charge in [0.1, 0.15) is 5.82 Å². The summed E-state index contributed by atoms with van der Waals surface area (Å²) >= 11 is 0. The molecule has 1 aliphatic heterocycles. The van der Waals surface area contributed by atoms with Crippen LogP contribution in [-0.2, 0) is 14.8 Å². The molecule has 2 aromatic heterocycles. The first-order valence-electron chi connectivity index (χ1n) is 8.37. The number of aromatic amines is 1. The van der Waals surface area contributed by atoms with Crippen LogP contribution in [0.4, 0.5) is 11.5 Å². The second kappa shape index (κ2) is 6.27. The first-order chi connectivity index (χ1) is 12.9. The average Bonchev–Trinajstić information content (AvgIpc) is 3.25. The van der Waals surface area contributed by atoms with Crippen LogP contribution in [0.5, 0.6) is 0 Å². The van der Waals surface area contributed by atoms with Gasteiger partial charge in [0.15, 0.2) is 0 Å². The third-order valence-corrected chi connectivity index (χ3v) is 6.52. The molecule has 3 aromatic rings. The maximum atomic E-state index is 12.4. The molecule has 3 N–H and O–H groups in total. The zero-order valence-corrected chi connectivity index (χ0v) is 15.4. The molecule has 0 aliphatic carbocycles. The van der Waals surface area contributed by atoms with Crippen LogP contribution in [0.3, 0.4) is 0 Å². The van der Waals surface area contributed by atoms with Crippen molar-refractivity contribution in [3.05, 3.63) is 42.1 Å². The van der Waals surface area contributed by atoms with Crippen LogP contribution >= 0.6 is 0 Å². The van der Waals surface area contributed by atoms with Crippen molar-refractivity contribution >= 4 is 38.4 Å². The Morgan fingerprint density at radius 3 is 2.81 bits per heavy atom. The number of ether oxygens (including phenoxy) is 1. The maximum Gasteiger partial charge on any atom is 0.340 e. The number of H-pyrrole nitrogens is 1. The topological polar surface area (TPSA) is 118 Å². The Balaban J connectivity index is 1.92. The second-order valence-corrected chi connectivity index (χ2v) is 8.29. The number of carbonyl (C=O) groups excluding carboxylic acids is 1. The van der Waals surface area contributed by atoms with Gasteiger partial charge in [0, 0.05) is 29.4 Å². The summed E-state index contributed by atoms with van der Waals surface area (Å²) in [4.78, 5) is 19.3. The van der Waals surface area contributed by atoms with Crippen molar-refractivity contribution in [2.75, 3.05) is 29.4 Å². The number of nitrogens with two attached hydrogens (primary N) is 1. The molecule has 27 heavy (non-hydrogen) atoms. The molecule has 0 saturated carbocycles. The fourth-order valence-corrected chi connectivity index (χ4v) is 4.96. The van der Waals surface area contributed by atoms with Gasteiger partial charge in [-0.25, -0.2) is 18.2 Å². The molecule has 8 nitrogen and oxygen atoms in total.